The third-order valence-corrected chi connectivity index (χ3v) is 7.05. The molecule has 0 saturated heterocycles. The van der Waals surface area contributed by atoms with E-state index in [0.717, 1.165) is 12.1 Å². The van der Waals surface area contributed by atoms with Crippen LogP contribution in [0.15, 0.2) is 59.5 Å². The van der Waals surface area contributed by atoms with Crippen molar-refractivity contribution in [3.63, 3.8) is 0 Å². The molecule has 0 unspecified atom stereocenters. The molecule has 2 aromatic carbocycles. The Morgan fingerprint density at radius 1 is 1.03 bits per heavy atom. The lowest BCUT2D eigenvalue weighted by Gasteiger charge is -2.15. The van der Waals surface area contributed by atoms with Crippen LogP contribution in [-0.2, 0) is 10.0 Å². The molecule has 1 aromatic heterocycles. The number of rotatable bonds is 5. The number of nitrogens with zero attached hydrogens (tertiary/aromatic N) is 2. The van der Waals surface area contributed by atoms with E-state index in [2.05, 4.69) is 4.74 Å². The Kier molecular flexibility index (Phi) is 5.32. The van der Waals surface area contributed by atoms with Gasteiger partial charge in [-0.05, 0) is 56.3 Å². The number of amides is 1. The summed E-state index contributed by atoms with van der Waals surface area (Å²) in [5.74, 6) is -1.74. The lowest BCUT2D eigenvalue weighted by Crippen LogP contribution is -2.35. The molecule has 0 spiro atoms. The minimum absolute atomic E-state index is 0.0111. The standard InChI is InChI=1S/C22H17F3N2O5S/c1-13-11-18(14(2)27(13)15-7-9-16(10-8-15)32-22(23,24)25)19(28)12-26-21(29)17-5-3-4-6-20(17)33(26,30)31/h3-11H,12H2,1-2H3. The molecule has 0 aliphatic carbocycles. The molecule has 7 nitrogen and oxygen atoms in total. The molecule has 0 saturated carbocycles. The number of aromatic nitrogens is 1. The van der Waals surface area contributed by atoms with Crippen molar-refractivity contribution in [1.82, 2.24) is 8.87 Å². The highest BCUT2D eigenvalue weighted by Crippen LogP contribution is 2.31. The van der Waals surface area contributed by atoms with Gasteiger partial charge >= 0.3 is 6.36 Å². The van der Waals surface area contributed by atoms with Crippen LogP contribution in [0.5, 0.6) is 5.75 Å². The van der Waals surface area contributed by atoms with Crippen LogP contribution >= 0.6 is 0 Å². The number of ketones is 1. The summed E-state index contributed by atoms with van der Waals surface area (Å²) in [5.41, 5.74) is 1.73. The van der Waals surface area contributed by atoms with Crippen LogP contribution < -0.4 is 4.74 Å². The summed E-state index contributed by atoms with van der Waals surface area (Å²) < 4.78 is 68.7. The molecule has 1 aliphatic rings. The van der Waals surface area contributed by atoms with Gasteiger partial charge in [0.15, 0.2) is 5.78 Å². The predicted octanol–water partition coefficient (Wildman–Crippen LogP) is 4.02. The summed E-state index contributed by atoms with van der Waals surface area (Å²) in [4.78, 5) is 25.4. The lowest BCUT2D eigenvalue weighted by atomic mass is 10.1. The van der Waals surface area contributed by atoms with Crippen molar-refractivity contribution in [2.45, 2.75) is 25.1 Å². The molecule has 0 radical (unpaired) electrons. The Morgan fingerprint density at radius 2 is 1.67 bits per heavy atom. The number of Topliss-reactive ketones (excluding diaryl/α,β-unsaturated/α-hetero) is 1. The molecule has 172 valence electrons. The van der Waals surface area contributed by atoms with Gasteiger partial charge < -0.3 is 9.30 Å². The maximum atomic E-state index is 13.0. The van der Waals surface area contributed by atoms with Gasteiger partial charge in [0.2, 0.25) is 0 Å². The molecule has 4 rings (SSSR count). The molecule has 33 heavy (non-hydrogen) atoms. The zero-order valence-corrected chi connectivity index (χ0v) is 18.2. The van der Waals surface area contributed by atoms with Crippen molar-refractivity contribution in [1.29, 1.82) is 0 Å². The summed E-state index contributed by atoms with van der Waals surface area (Å²) in [7, 11) is -4.14. The van der Waals surface area contributed by atoms with E-state index < -0.39 is 34.6 Å². The number of carbonyl (C=O) groups excluding carboxylic acids is 2. The van der Waals surface area contributed by atoms with E-state index in [1.54, 1.807) is 18.4 Å². The van der Waals surface area contributed by atoms with E-state index in [4.69, 9.17) is 0 Å². The Bertz CT molecular complexity index is 1380. The van der Waals surface area contributed by atoms with Crippen LogP contribution in [-0.4, -0.2) is 41.9 Å². The van der Waals surface area contributed by atoms with Crippen LogP contribution in [0.4, 0.5) is 13.2 Å². The fraction of sp³-hybridized carbons (Fsp3) is 0.182. The second-order valence-corrected chi connectivity index (χ2v) is 9.23. The molecule has 1 aliphatic heterocycles. The predicted molar refractivity (Wildman–Crippen MR) is 111 cm³/mol. The van der Waals surface area contributed by atoms with E-state index in [0.29, 0.717) is 21.4 Å². The molecule has 1 amide bonds. The van der Waals surface area contributed by atoms with Crippen LogP contribution in [0.3, 0.4) is 0 Å². The quantitative estimate of drug-likeness (QED) is 0.517. The molecular formula is C22H17F3N2O5S. The summed E-state index contributed by atoms with van der Waals surface area (Å²) >= 11 is 0. The third-order valence-electron chi connectivity index (χ3n) is 5.26. The van der Waals surface area contributed by atoms with Crippen molar-refractivity contribution in [2.75, 3.05) is 6.54 Å². The fourth-order valence-electron chi connectivity index (χ4n) is 3.84. The summed E-state index contributed by atoms with van der Waals surface area (Å²) in [6.45, 7) is 2.64. The minimum Gasteiger partial charge on any atom is -0.406 e. The number of aryl methyl sites for hydroxylation is 1. The zero-order valence-electron chi connectivity index (χ0n) is 17.4. The topological polar surface area (TPSA) is 85.7 Å². The van der Waals surface area contributed by atoms with Gasteiger partial charge in [0.25, 0.3) is 15.9 Å². The molecule has 2 heterocycles. The number of carbonyl (C=O) groups is 2. The molecular weight excluding hydrogens is 461 g/mol. The van der Waals surface area contributed by atoms with E-state index in [9.17, 15) is 31.2 Å². The number of sulfonamides is 1. The normalized spacial score (nSPS) is 14.9. The number of hydrogen-bond acceptors (Lipinski definition) is 5. The molecule has 3 aromatic rings. The maximum absolute atomic E-state index is 13.0. The average molecular weight is 478 g/mol. The number of halogens is 3. The van der Waals surface area contributed by atoms with Crippen molar-refractivity contribution >= 4 is 21.7 Å². The Hall–Kier alpha value is -3.60. The van der Waals surface area contributed by atoms with Crippen LogP contribution in [0.25, 0.3) is 5.69 Å². The largest absolute Gasteiger partial charge is 0.573 e. The maximum Gasteiger partial charge on any atom is 0.573 e. The third kappa shape index (κ3) is 3.99. The lowest BCUT2D eigenvalue weighted by molar-refractivity contribution is -0.274. The first-order valence-corrected chi connectivity index (χ1v) is 11.1. The fourth-order valence-corrected chi connectivity index (χ4v) is 5.37. The first kappa shape index (κ1) is 22.6. The number of hydrogen-bond donors (Lipinski definition) is 0. The van der Waals surface area contributed by atoms with Crippen molar-refractivity contribution < 1.29 is 35.9 Å². The SMILES string of the molecule is Cc1cc(C(=O)CN2C(=O)c3ccccc3S2(=O)=O)c(C)n1-c1ccc(OC(F)(F)F)cc1. The number of alkyl halides is 3. The molecule has 0 bridgehead atoms. The van der Waals surface area contributed by atoms with E-state index >= 15 is 0 Å². The van der Waals surface area contributed by atoms with Gasteiger partial charge in [-0.1, -0.05) is 12.1 Å². The monoisotopic (exact) mass is 478 g/mol. The van der Waals surface area contributed by atoms with Gasteiger partial charge in [0, 0.05) is 22.6 Å². The van der Waals surface area contributed by atoms with Gasteiger partial charge in [-0.2, -0.15) is 0 Å². The van der Waals surface area contributed by atoms with Crippen molar-refractivity contribution in [3.8, 4) is 11.4 Å². The first-order valence-electron chi connectivity index (χ1n) is 9.64. The highest BCUT2D eigenvalue weighted by atomic mass is 32.2. The van der Waals surface area contributed by atoms with Crippen LogP contribution in [0.1, 0.15) is 32.1 Å². The summed E-state index contributed by atoms with van der Waals surface area (Å²) in [6, 6.07) is 12.4. The number of ether oxygens (including phenoxy) is 1. The first-order chi connectivity index (χ1) is 15.4. The van der Waals surface area contributed by atoms with E-state index in [1.807, 2.05) is 0 Å². The minimum atomic E-state index is -4.81. The smallest absolute Gasteiger partial charge is 0.406 e. The van der Waals surface area contributed by atoms with Gasteiger partial charge in [0.1, 0.15) is 17.2 Å². The Balaban J connectivity index is 1.61. The number of fused-ring (bicyclic) bond motifs is 1. The Labute approximate surface area is 187 Å². The van der Waals surface area contributed by atoms with Crippen molar-refractivity contribution in [3.05, 3.63) is 77.1 Å². The summed E-state index contributed by atoms with van der Waals surface area (Å²) in [5, 5.41) is 0. The van der Waals surface area contributed by atoms with Gasteiger partial charge in [-0.3, -0.25) is 9.59 Å². The summed E-state index contributed by atoms with van der Waals surface area (Å²) in [6.07, 6.45) is -4.81. The van der Waals surface area contributed by atoms with Gasteiger partial charge in [-0.25, -0.2) is 12.7 Å². The highest BCUT2D eigenvalue weighted by Gasteiger charge is 2.42. The molecule has 0 atom stereocenters. The zero-order chi connectivity index (χ0) is 24.1. The Morgan fingerprint density at radius 3 is 2.27 bits per heavy atom. The van der Waals surface area contributed by atoms with Gasteiger partial charge in [0.05, 0.1) is 5.56 Å². The molecule has 0 N–H and O–H groups in total. The van der Waals surface area contributed by atoms with E-state index in [-0.39, 0.29) is 21.8 Å². The number of benzene rings is 2. The van der Waals surface area contributed by atoms with E-state index in [1.165, 1.54) is 42.5 Å². The van der Waals surface area contributed by atoms with Gasteiger partial charge in [-0.15, -0.1) is 13.2 Å². The highest BCUT2D eigenvalue weighted by molar-refractivity contribution is 7.90. The van der Waals surface area contributed by atoms with Crippen molar-refractivity contribution in [2.24, 2.45) is 0 Å². The second-order valence-electron chi connectivity index (χ2n) is 7.40. The molecule has 0 fully saturated rings. The average Bonchev–Trinajstić information content (AvgIpc) is 3.13. The second kappa shape index (κ2) is 7.77. The molecule has 11 heteroatoms. The van der Waals surface area contributed by atoms with Crippen LogP contribution in [0.2, 0.25) is 0 Å². The van der Waals surface area contributed by atoms with Crippen LogP contribution in [0, 0.1) is 13.8 Å².